The summed E-state index contributed by atoms with van der Waals surface area (Å²) in [5.41, 5.74) is -5.25. The van der Waals surface area contributed by atoms with E-state index in [1.165, 1.54) is 0 Å². The molecule has 0 spiro atoms. The van der Waals surface area contributed by atoms with Gasteiger partial charge in [-0.1, -0.05) is 0 Å². The first kappa shape index (κ1) is 21.8. The summed E-state index contributed by atoms with van der Waals surface area (Å²) < 4.78 is 63.5. The van der Waals surface area contributed by atoms with E-state index in [9.17, 15) is 21.6 Å². The molecule has 0 aliphatic carbocycles. The van der Waals surface area contributed by atoms with Gasteiger partial charge >= 0.3 is 15.5 Å². The fourth-order valence-electron chi connectivity index (χ4n) is 3.62. The molecule has 3 rings (SSSR count). The molecule has 3 heterocycles. The number of rotatable bonds is 5. The lowest BCUT2D eigenvalue weighted by atomic mass is 9.98. The molecule has 9 nitrogen and oxygen atoms in total. The van der Waals surface area contributed by atoms with Crippen molar-refractivity contribution in [1.29, 1.82) is 0 Å². The maximum atomic E-state index is 12.6. The second-order valence-corrected chi connectivity index (χ2v) is 9.17. The maximum Gasteiger partial charge on any atom is 0.511 e. The quantitative estimate of drug-likeness (QED) is 0.523. The van der Waals surface area contributed by atoms with Crippen molar-refractivity contribution >= 4 is 16.0 Å². The smallest absolute Gasteiger partial charge is 0.356 e. The molecule has 164 valence electrons. The highest BCUT2D eigenvalue weighted by molar-refractivity contribution is 7.90. The summed E-state index contributed by atoms with van der Waals surface area (Å²) in [6.45, 7) is 1.61. The Hall–Kier alpha value is -1.89. The molecule has 0 radical (unpaired) electrons. The summed E-state index contributed by atoms with van der Waals surface area (Å²) in [6, 6.07) is 0. The fraction of sp³-hybridized carbons (Fsp3) is 0.812. The molecule has 1 saturated heterocycles. The number of halogens is 3. The van der Waals surface area contributed by atoms with E-state index in [-0.39, 0.29) is 19.0 Å². The number of nitrogens with zero attached hydrogens (tertiary/aromatic N) is 5. The molecule has 1 fully saturated rings. The summed E-state index contributed by atoms with van der Waals surface area (Å²) in [6.07, 6.45) is 3.88. The van der Waals surface area contributed by atoms with E-state index >= 15 is 0 Å². The van der Waals surface area contributed by atoms with Gasteiger partial charge in [-0.3, -0.25) is 4.99 Å². The van der Waals surface area contributed by atoms with Gasteiger partial charge in [0, 0.05) is 39.6 Å². The zero-order valence-corrected chi connectivity index (χ0v) is 17.1. The van der Waals surface area contributed by atoms with Crippen molar-refractivity contribution in [2.45, 2.75) is 50.7 Å². The number of sulfonamides is 1. The number of fused-ring (bicyclic) bond motifs is 1. The van der Waals surface area contributed by atoms with E-state index < -0.39 is 15.5 Å². The first-order valence-corrected chi connectivity index (χ1v) is 11.1. The van der Waals surface area contributed by atoms with Gasteiger partial charge in [-0.25, -0.2) is 8.42 Å². The standard InChI is InChI=1S/C16H26F3N7O2S/c1-20-15(22-11-14-24-23-13-4-2-3-7-26(13)14)21-10-12-5-8-25(9-6-12)29(27,28)16(17,18)19/h12H,2-11H2,1H3,(H2,20,21,22). The van der Waals surface area contributed by atoms with Gasteiger partial charge in [-0.2, -0.15) is 17.5 Å². The molecule has 0 atom stereocenters. The minimum absolute atomic E-state index is 0.0640. The summed E-state index contributed by atoms with van der Waals surface area (Å²) in [7, 11) is -3.61. The van der Waals surface area contributed by atoms with Gasteiger partial charge in [0.1, 0.15) is 5.82 Å². The van der Waals surface area contributed by atoms with Crippen molar-refractivity contribution in [2.75, 3.05) is 26.7 Å². The van der Waals surface area contributed by atoms with E-state index in [0.29, 0.717) is 36.2 Å². The van der Waals surface area contributed by atoms with Gasteiger partial charge in [0.2, 0.25) is 0 Å². The highest BCUT2D eigenvalue weighted by Gasteiger charge is 2.50. The Morgan fingerprint density at radius 1 is 1.17 bits per heavy atom. The SMILES string of the molecule is CN=C(NCc1nnc2n1CCCC2)NCC1CCN(S(=O)(=O)C(F)(F)F)CC1. The third kappa shape index (κ3) is 5.00. The largest absolute Gasteiger partial charge is 0.511 e. The summed E-state index contributed by atoms with van der Waals surface area (Å²) in [4.78, 5) is 4.15. The Morgan fingerprint density at radius 2 is 1.90 bits per heavy atom. The first-order valence-electron chi connectivity index (χ1n) is 9.64. The second kappa shape index (κ2) is 8.86. The molecular formula is C16H26F3N7O2S. The van der Waals surface area contributed by atoms with Crippen LogP contribution in [0, 0.1) is 5.92 Å². The zero-order valence-electron chi connectivity index (χ0n) is 16.2. The number of hydrogen-bond acceptors (Lipinski definition) is 5. The number of alkyl halides is 3. The Kier molecular flexibility index (Phi) is 6.66. The van der Waals surface area contributed by atoms with Crippen LogP contribution in [0.1, 0.15) is 37.3 Å². The summed E-state index contributed by atoms with van der Waals surface area (Å²) in [5.74, 6) is 2.46. The van der Waals surface area contributed by atoms with Gasteiger partial charge in [0.05, 0.1) is 6.54 Å². The molecule has 1 aromatic heterocycles. The van der Waals surface area contributed by atoms with Crippen LogP contribution >= 0.6 is 0 Å². The fourth-order valence-corrected chi connectivity index (χ4v) is 4.61. The van der Waals surface area contributed by atoms with Crippen LogP contribution < -0.4 is 10.6 Å². The summed E-state index contributed by atoms with van der Waals surface area (Å²) >= 11 is 0. The van der Waals surface area contributed by atoms with Crippen LogP contribution in [0.2, 0.25) is 0 Å². The third-order valence-electron chi connectivity index (χ3n) is 5.34. The lowest BCUT2D eigenvalue weighted by Gasteiger charge is -2.31. The van der Waals surface area contributed by atoms with E-state index in [1.54, 1.807) is 7.05 Å². The number of nitrogens with one attached hydrogen (secondary N) is 2. The number of guanidine groups is 1. The molecule has 0 saturated carbocycles. The number of piperidine rings is 1. The summed E-state index contributed by atoms with van der Waals surface area (Å²) in [5, 5.41) is 14.8. The van der Waals surface area contributed by atoms with E-state index in [2.05, 4.69) is 30.4 Å². The molecule has 1 aromatic rings. The van der Waals surface area contributed by atoms with Gasteiger partial charge in [0.15, 0.2) is 11.8 Å². The van der Waals surface area contributed by atoms with Crippen LogP contribution in [0.5, 0.6) is 0 Å². The van der Waals surface area contributed by atoms with E-state index in [0.717, 1.165) is 37.5 Å². The average Bonchev–Trinajstić information content (AvgIpc) is 3.11. The average molecular weight is 437 g/mol. The minimum Gasteiger partial charge on any atom is -0.356 e. The van der Waals surface area contributed by atoms with Crippen LogP contribution in [0.4, 0.5) is 13.2 Å². The molecular weight excluding hydrogens is 411 g/mol. The number of aryl methyl sites for hydroxylation is 1. The monoisotopic (exact) mass is 437 g/mol. The van der Waals surface area contributed by atoms with Crippen molar-refractivity contribution in [1.82, 2.24) is 29.7 Å². The molecule has 13 heteroatoms. The zero-order chi connectivity index (χ0) is 21.1. The van der Waals surface area contributed by atoms with Crippen molar-refractivity contribution in [3.63, 3.8) is 0 Å². The molecule has 2 aliphatic rings. The van der Waals surface area contributed by atoms with Gasteiger partial charge in [0.25, 0.3) is 0 Å². The van der Waals surface area contributed by atoms with Crippen molar-refractivity contribution in [2.24, 2.45) is 10.9 Å². The number of aliphatic imine (C=N–C) groups is 1. The van der Waals surface area contributed by atoms with Crippen molar-refractivity contribution in [3.05, 3.63) is 11.6 Å². The molecule has 0 unspecified atom stereocenters. The van der Waals surface area contributed by atoms with Gasteiger partial charge in [-0.15, -0.1) is 10.2 Å². The number of aromatic nitrogens is 3. The third-order valence-corrected chi connectivity index (χ3v) is 6.97. The van der Waals surface area contributed by atoms with Crippen LogP contribution in [0.15, 0.2) is 4.99 Å². The second-order valence-electron chi connectivity index (χ2n) is 7.24. The predicted molar refractivity (Wildman–Crippen MR) is 100 cm³/mol. The molecule has 0 amide bonds. The first-order chi connectivity index (χ1) is 13.7. The van der Waals surface area contributed by atoms with Gasteiger partial charge < -0.3 is 15.2 Å². The highest BCUT2D eigenvalue weighted by Crippen LogP contribution is 2.30. The van der Waals surface area contributed by atoms with Crippen molar-refractivity contribution in [3.8, 4) is 0 Å². The molecule has 0 bridgehead atoms. The van der Waals surface area contributed by atoms with Crippen LogP contribution in [0.25, 0.3) is 0 Å². The Morgan fingerprint density at radius 3 is 2.55 bits per heavy atom. The minimum atomic E-state index is -5.25. The molecule has 0 aromatic carbocycles. The van der Waals surface area contributed by atoms with Crippen molar-refractivity contribution < 1.29 is 21.6 Å². The molecule has 2 aliphatic heterocycles. The van der Waals surface area contributed by atoms with Gasteiger partial charge in [-0.05, 0) is 31.6 Å². The Bertz CT molecular complexity index is 830. The highest BCUT2D eigenvalue weighted by atomic mass is 32.2. The predicted octanol–water partition coefficient (Wildman–Crippen LogP) is 0.841. The molecule has 29 heavy (non-hydrogen) atoms. The lowest BCUT2D eigenvalue weighted by molar-refractivity contribution is -0.0496. The van der Waals surface area contributed by atoms with Crippen LogP contribution in [0.3, 0.4) is 0 Å². The van der Waals surface area contributed by atoms with Crippen LogP contribution in [-0.4, -0.2) is 65.6 Å². The number of hydrogen-bond donors (Lipinski definition) is 2. The van der Waals surface area contributed by atoms with E-state index in [4.69, 9.17) is 0 Å². The topological polar surface area (TPSA) is 105 Å². The Labute approximate surface area is 167 Å². The Balaban J connectivity index is 1.44. The van der Waals surface area contributed by atoms with E-state index in [1.807, 2.05) is 0 Å². The maximum absolute atomic E-state index is 12.6. The molecule has 2 N–H and O–H groups in total. The normalized spacial score (nSPS) is 19.8. The lowest BCUT2D eigenvalue weighted by Crippen LogP contribution is -2.47. The van der Waals surface area contributed by atoms with Crippen LogP contribution in [-0.2, 0) is 29.5 Å².